The molecule has 0 fully saturated rings. The van der Waals surface area contributed by atoms with Gasteiger partial charge in [0, 0.05) is 24.8 Å². The van der Waals surface area contributed by atoms with Gasteiger partial charge in [-0.05, 0) is 60.0 Å². The highest BCUT2D eigenvalue weighted by Gasteiger charge is 2.34. The normalized spacial score (nSPS) is 16.7. The summed E-state index contributed by atoms with van der Waals surface area (Å²) in [5.74, 6) is -0.331. The zero-order chi connectivity index (χ0) is 21.1. The van der Waals surface area contributed by atoms with E-state index in [-0.39, 0.29) is 17.3 Å². The van der Waals surface area contributed by atoms with Crippen molar-refractivity contribution in [2.45, 2.75) is 23.9 Å². The van der Waals surface area contributed by atoms with Crippen LogP contribution in [0.2, 0.25) is 0 Å². The zero-order valence-corrected chi connectivity index (χ0v) is 16.9. The van der Waals surface area contributed by atoms with Gasteiger partial charge in [-0.25, -0.2) is 12.8 Å². The highest BCUT2D eigenvalue weighted by atomic mass is 32.2. The Morgan fingerprint density at radius 1 is 1.07 bits per heavy atom. The summed E-state index contributed by atoms with van der Waals surface area (Å²) >= 11 is 0. The first-order valence-corrected chi connectivity index (χ1v) is 11.0. The summed E-state index contributed by atoms with van der Waals surface area (Å²) in [6.07, 6.45) is 0.429. The van der Waals surface area contributed by atoms with Crippen LogP contribution in [-0.4, -0.2) is 25.3 Å². The molecule has 0 aliphatic carbocycles. The van der Waals surface area contributed by atoms with Crippen LogP contribution in [0.25, 0.3) is 0 Å². The molecule has 0 spiro atoms. The van der Waals surface area contributed by atoms with Gasteiger partial charge in [-0.3, -0.25) is 0 Å². The molecule has 1 unspecified atom stereocenters. The smallest absolute Gasteiger partial charge is 0.243 e. The zero-order valence-electron chi connectivity index (χ0n) is 16.1. The minimum absolute atomic E-state index is 0.140. The Kier molecular flexibility index (Phi) is 5.53. The molecular formula is C23H20FN3O2S. The Hall–Kier alpha value is -3.21. The Bertz CT molecular complexity index is 1190. The maximum absolute atomic E-state index is 13.5. The SMILES string of the molecule is N#Cc1ccc2c(c1)CN(S(=O)(=O)c1ccccc1)C(Cc1ccc(F)cc1)CN2. The molecule has 7 heteroatoms. The van der Waals surface area contributed by atoms with Crippen molar-refractivity contribution >= 4 is 15.7 Å². The van der Waals surface area contributed by atoms with Gasteiger partial charge >= 0.3 is 0 Å². The molecule has 4 rings (SSSR count). The highest BCUT2D eigenvalue weighted by molar-refractivity contribution is 7.89. The summed E-state index contributed by atoms with van der Waals surface area (Å²) in [5, 5.41) is 12.6. The first-order chi connectivity index (χ1) is 14.5. The maximum Gasteiger partial charge on any atom is 0.243 e. The van der Waals surface area contributed by atoms with Crippen molar-refractivity contribution in [1.82, 2.24) is 4.31 Å². The van der Waals surface area contributed by atoms with E-state index in [1.807, 2.05) is 6.07 Å². The Morgan fingerprint density at radius 2 is 1.80 bits per heavy atom. The molecule has 0 radical (unpaired) electrons. The average molecular weight is 421 g/mol. The second-order valence-corrected chi connectivity index (χ2v) is 9.10. The summed E-state index contributed by atoms with van der Waals surface area (Å²) in [4.78, 5) is 0.217. The van der Waals surface area contributed by atoms with Crippen molar-refractivity contribution in [2.75, 3.05) is 11.9 Å². The van der Waals surface area contributed by atoms with Crippen molar-refractivity contribution in [3.8, 4) is 6.07 Å². The second kappa shape index (κ2) is 8.27. The van der Waals surface area contributed by atoms with Gasteiger partial charge in [-0.15, -0.1) is 0 Å². The van der Waals surface area contributed by atoms with Crippen LogP contribution in [0.4, 0.5) is 10.1 Å². The van der Waals surface area contributed by atoms with Crippen LogP contribution < -0.4 is 5.32 Å². The van der Waals surface area contributed by atoms with Crippen molar-refractivity contribution in [3.63, 3.8) is 0 Å². The fourth-order valence-electron chi connectivity index (χ4n) is 3.67. The molecule has 1 aliphatic rings. The molecule has 30 heavy (non-hydrogen) atoms. The number of nitrogens with one attached hydrogen (secondary N) is 1. The lowest BCUT2D eigenvalue weighted by Crippen LogP contribution is -2.43. The minimum Gasteiger partial charge on any atom is -0.383 e. The van der Waals surface area contributed by atoms with Gasteiger partial charge in [0.05, 0.1) is 16.5 Å². The van der Waals surface area contributed by atoms with Gasteiger partial charge < -0.3 is 5.32 Å². The maximum atomic E-state index is 13.5. The van der Waals surface area contributed by atoms with Gasteiger partial charge in [-0.1, -0.05) is 30.3 Å². The predicted octanol–water partition coefficient (Wildman–Crippen LogP) is 3.93. The molecule has 152 valence electrons. The standard InChI is InChI=1S/C23H20FN3O2S/c24-20-9-6-17(7-10-20)13-21-15-26-23-11-8-18(14-25)12-19(23)16-27(21)30(28,29)22-4-2-1-3-5-22/h1-12,21,26H,13,15-16H2. The van der Waals surface area contributed by atoms with Crippen LogP contribution in [-0.2, 0) is 23.0 Å². The number of halogens is 1. The van der Waals surface area contributed by atoms with Gasteiger partial charge in [0.15, 0.2) is 0 Å². The molecule has 1 atom stereocenters. The lowest BCUT2D eigenvalue weighted by atomic mass is 10.1. The Morgan fingerprint density at radius 3 is 2.50 bits per heavy atom. The number of anilines is 1. The van der Waals surface area contributed by atoms with Crippen molar-refractivity contribution < 1.29 is 12.8 Å². The molecule has 1 aliphatic heterocycles. The van der Waals surface area contributed by atoms with Crippen LogP contribution in [0.3, 0.4) is 0 Å². The summed E-state index contributed by atoms with van der Waals surface area (Å²) in [7, 11) is -3.79. The van der Waals surface area contributed by atoms with E-state index in [0.717, 1.165) is 16.8 Å². The average Bonchev–Trinajstić information content (AvgIpc) is 2.95. The quantitative estimate of drug-likeness (QED) is 0.693. The molecule has 0 amide bonds. The molecule has 0 saturated carbocycles. The number of hydrogen-bond donors (Lipinski definition) is 1. The van der Waals surface area contributed by atoms with Crippen LogP contribution in [0, 0.1) is 17.1 Å². The number of sulfonamides is 1. The van der Waals surface area contributed by atoms with E-state index in [9.17, 15) is 18.1 Å². The Labute approximate surface area is 175 Å². The fraction of sp³-hybridized carbons (Fsp3) is 0.174. The third kappa shape index (κ3) is 4.06. The molecular weight excluding hydrogens is 401 g/mol. The third-order valence-corrected chi connectivity index (χ3v) is 7.14. The fourth-order valence-corrected chi connectivity index (χ4v) is 5.29. The lowest BCUT2D eigenvalue weighted by Gasteiger charge is -2.29. The number of nitriles is 1. The monoisotopic (exact) mass is 421 g/mol. The molecule has 3 aromatic carbocycles. The van der Waals surface area contributed by atoms with Crippen LogP contribution in [0.15, 0.2) is 77.7 Å². The van der Waals surface area contributed by atoms with E-state index >= 15 is 0 Å². The molecule has 0 saturated heterocycles. The number of benzene rings is 3. The third-order valence-electron chi connectivity index (χ3n) is 5.23. The first-order valence-electron chi connectivity index (χ1n) is 9.55. The van der Waals surface area contributed by atoms with E-state index in [2.05, 4.69) is 11.4 Å². The number of fused-ring (bicyclic) bond motifs is 1. The number of nitrogens with zero attached hydrogens (tertiary/aromatic N) is 2. The largest absolute Gasteiger partial charge is 0.383 e. The summed E-state index contributed by atoms with van der Waals surface area (Å²) < 4.78 is 41.9. The molecule has 1 heterocycles. The van der Waals surface area contributed by atoms with Crippen LogP contribution in [0.5, 0.6) is 0 Å². The molecule has 1 N–H and O–H groups in total. The van der Waals surface area contributed by atoms with Crippen LogP contribution >= 0.6 is 0 Å². The molecule has 0 aromatic heterocycles. The number of hydrogen-bond acceptors (Lipinski definition) is 4. The summed E-state index contributed by atoms with van der Waals surface area (Å²) in [5.41, 5.74) is 2.88. The van der Waals surface area contributed by atoms with E-state index in [1.54, 1.807) is 54.6 Å². The summed E-state index contributed by atoms with van der Waals surface area (Å²) in [6.45, 7) is 0.531. The second-order valence-electron chi connectivity index (χ2n) is 7.21. The van der Waals surface area contributed by atoms with Crippen molar-refractivity contribution in [3.05, 3.63) is 95.3 Å². The van der Waals surface area contributed by atoms with E-state index in [1.165, 1.54) is 16.4 Å². The highest BCUT2D eigenvalue weighted by Crippen LogP contribution is 2.29. The van der Waals surface area contributed by atoms with Crippen molar-refractivity contribution in [2.24, 2.45) is 0 Å². The summed E-state index contributed by atoms with van der Waals surface area (Å²) in [6, 6.07) is 21.4. The predicted molar refractivity (Wildman–Crippen MR) is 113 cm³/mol. The molecule has 3 aromatic rings. The lowest BCUT2D eigenvalue weighted by molar-refractivity contribution is 0.325. The van der Waals surface area contributed by atoms with E-state index in [0.29, 0.717) is 18.5 Å². The molecule has 5 nitrogen and oxygen atoms in total. The molecule has 0 bridgehead atoms. The van der Waals surface area contributed by atoms with Gasteiger partial charge in [-0.2, -0.15) is 9.57 Å². The van der Waals surface area contributed by atoms with Crippen molar-refractivity contribution in [1.29, 1.82) is 5.26 Å². The van der Waals surface area contributed by atoms with Gasteiger partial charge in [0.1, 0.15) is 5.82 Å². The van der Waals surface area contributed by atoms with Gasteiger partial charge in [0.25, 0.3) is 0 Å². The van der Waals surface area contributed by atoms with Crippen LogP contribution in [0.1, 0.15) is 16.7 Å². The first kappa shape index (κ1) is 20.1. The number of rotatable bonds is 4. The minimum atomic E-state index is -3.79. The van der Waals surface area contributed by atoms with E-state index in [4.69, 9.17) is 0 Å². The Balaban J connectivity index is 1.76. The van der Waals surface area contributed by atoms with E-state index < -0.39 is 16.1 Å². The van der Waals surface area contributed by atoms with Gasteiger partial charge in [0.2, 0.25) is 10.0 Å². The topological polar surface area (TPSA) is 73.2 Å².